The Morgan fingerprint density at radius 1 is 1.11 bits per heavy atom. The Hall–Kier alpha value is -2.83. The molecule has 1 amide bonds. The summed E-state index contributed by atoms with van der Waals surface area (Å²) in [5, 5.41) is 11.0. The second kappa shape index (κ2) is 8.46. The van der Waals surface area contributed by atoms with E-state index >= 15 is 0 Å². The fraction of sp³-hybridized carbons (Fsp3) is 0.238. The highest BCUT2D eigenvalue weighted by Crippen LogP contribution is 2.39. The van der Waals surface area contributed by atoms with Gasteiger partial charge in [0.15, 0.2) is 11.5 Å². The van der Waals surface area contributed by atoms with E-state index in [0.717, 1.165) is 5.56 Å². The minimum absolute atomic E-state index is 0.0303. The first-order valence-electron chi connectivity index (χ1n) is 8.61. The maximum absolute atomic E-state index is 12.8. The Morgan fingerprint density at radius 2 is 1.75 bits per heavy atom. The fourth-order valence-corrected chi connectivity index (χ4v) is 3.36. The molecule has 0 aromatic heterocycles. The Labute approximate surface area is 167 Å². The van der Waals surface area contributed by atoms with E-state index in [2.05, 4.69) is 0 Å². The highest BCUT2D eigenvalue weighted by molar-refractivity contribution is 6.30. The van der Waals surface area contributed by atoms with E-state index in [9.17, 15) is 14.7 Å². The molecule has 3 rings (SSSR count). The van der Waals surface area contributed by atoms with Gasteiger partial charge in [0, 0.05) is 18.7 Å². The van der Waals surface area contributed by atoms with Crippen molar-refractivity contribution in [3.8, 4) is 5.75 Å². The number of benzene rings is 2. The monoisotopic (exact) mass is 401 g/mol. The lowest BCUT2D eigenvalue weighted by atomic mass is 9.96. The third-order valence-electron chi connectivity index (χ3n) is 4.58. The molecule has 2 aromatic rings. The number of hydrogen-bond acceptors (Lipinski definition) is 5. The van der Waals surface area contributed by atoms with Crippen LogP contribution < -0.4 is 4.74 Å². The van der Waals surface area contributed by atoms with Gasteiger partial charge in [-0.3, -0.25) is 9.59 Å². The van der Waals surface area contributed by atoms with Gasteiger partial charge in [-0.15, -0.1) is 0 Å². The third-order valence-corrected chi connectivity index (χ3v) is 4.83. The summed E-state index contributed by atoms with van der Waals surface area (Å²) >= 11 is 5.98. The zero-order valence-corrected chi connectivity index (χ0v) is 16.3. The van der Waals surface area contributed by atoms with Gasteiger partial charge in [-0.25, -0.2) is 0 Å². The summed E-state index contributed by atoms with van der Waals surface area (Å²) in [6, 6.07) is 13.3. The van der Waals surface area contributed by atoms with Gasteiger partial charge in [0.2, 0.25) is 0 Å². The Kier molecular flexibility index (Phi) is 6.02. The van der Waals surface area contributed by atoms with E-state index in [1.54, 1.807) is 43.5 Å². The summed E-state index contributed by atoms with van der Waals surface area (Å²) in [7, 11) is 2.96. The van der Waals surface area contributed by atoms with Gasteiger partial charge in [-0.05, 0) is 35.4 Å². The summed E-state index contributed by atoms with van der Waals surface area (Å²) in [5.74, 6) is -0.890. The van der Waals surface area contributed by atoms with Gasteiger partial charge >= 0.3 is 0 Å². The molecular formula is C21H20ClNO5. The van der Waals surface area contributed by atoms with Crippen LogP contribution in [0.3, 0.4) is 0 Å². The minimum atomic E-state index is -0.727. The lowest BCUT2D eigenvalue weighted by Gasteiger charge is -2.27. The van der Waals surface area contributed by atoms with Crippen molar-refractivity contribution < 1.29 is 24.2 Å². The average molecular weight is 402 g/mol. The summed E-state index contributed by atoms with van der Waals surface area (Å²) in [6.45, 7) is -0.0168. The second-order valence-electron chi connectivity index (χ2n) is 6.35. The lowest BCUT2D eigenvalue weighted by molar-refractivity contribution is -0.130. The van der Waals surface area contributed by atoms with Crippen molar-refractivity contribution in [3.63, 3.8) is 0 Å². The van der Waals surface area contributed by atoms with Gasteiger partial charge in [0.1, 0.15) is 12.4 Å². The predicted octanol–water partition coefficient (Wildman–Crippen LogP) is 3.46. The van der Waals surface area contributed by atoms with Crippen molar-refractivity contribution in [2.45, 2.75) is 12.6 Å². The molecule has 0 saturated carbocycles. The van der Waals surface area contributed by atoms with Gasteiger partial charge in [0.05, 0.1) is 18.7 Å². The first-order chi connectivity index (χ1) is 13.5. The van der Waals surface area contributed by atoms with Gasteiger partial charge in [-0.2, -0.15) is 0 Å². The number of carbonyl (C=O) groups excluding carboxylic acids is 2. The highest BCUT2D eigenvalue weighted by Gasteiger charge is 2.43. The van der Waals surface area contributed by atoms with Crippen molar-refractivity contribution in [2.24, 2.45) is 0 Å². The van der Waals surface area contributed by atoms with Crippen molar-refractivity contribution in [2.75, 3.05) is 20.8 Å². The zero-order valence-electron chi connectivity index (χ0n) is 15.5. The number of halogens is 1. The van der Waals surface area contributed by atoms with Crippen LogP contribution in [0.1, 0.15) is 17.2 Å². The predicted molar refractivity (Wildman–Crippen MR) is 104 cm³/mol. The number of rotatable bonds is 7. The van der Waals surface area contributed by atoms with Gasteiger partial charge < -0.3 is 19.5 Å². The standard InChI is InChI=1S/C21H20ClNO5/c1-27-12-17(24)18-19(14-5-7-15(22)8-6-14)23(21(26)20(18)25)11-13-3-9-16(28-2)10-4-13/h3-10,19,25H,11-12H2,1-2H3. The van der Waals surface area contributed by atoms with Crippen molar-refractivity contribution in [1.82, 2.24) is 4.90 Å². The normalized spacial score (nSPS) is 16.6. The smallest absolute Gasteiger partial charge is 0.290 e. The Bertz CT molecular complexity index is 905. The molecule has 0 saturated heterocycles. The molecule has 1 N–H and O–H groups in total. The highest BCUT2D eigenvalue weighted by atomic mass is 35.5. The number of carbonyl (C=O) groups is 2. The molecule has 0 aliphatic carbocycles. The molecule has 1 aliphatic heterocycles. The molecule has 0 spiro atoms. The number of amides is 1. The molecule has 28 heavy (non-hydrogen) atoms. The van der Waals surface area contributed by atoms with Crippen LogP contribution in [0.5, 0.6) is 5.75 Å². The summed E-state index contributed by atoms with van der Waals surface area (Å²) < 4.78 is 10.1. The van der Waals surface area contributed by atoms with E-state index in [4.69, 9.17) is 21.1 Å². The molecule has 1 heterocycles. The topological polar surface area (TPSA) is 76.1 Å². The molecule has 0 radical (unpaired) electrons. The Balaban J connectivity index is 2.00. The maximum atomic E-state index is 12.8. The molecule has 1 aliphatic rings. The quantitative estimate of drug-likeness (QED) is 0.768. The number of hydrogen-bond donors (Lipinski definition) is 1. The van der Waals surface area contributed by atoms with Crippen LogP contribution >= 0.6 is 11.6 Å². The molecule has 6 nitrogen and oxygen atoms in total. The minimum Gasteiger partial charge on any atom is -0.503 e. The van der Waals surface area contributed by atoms with Crippen LogP contribution in [0.15, 0.2) is 59.9 Å². The van der Waals surface area contributed by atoms with Gasteiger partial charge in [0.25, 0.3) is 5.91 Å². The Morgan fingerprint density at radius 3 is 2.32 bits per heavy atom. The van der Waals surface area contributed by atoms with Crippen LogP contribution in [-0.2, 0) is 20.9 Å². The number of aliphatic hydroxyl groups is 1. The molecule has 7 heteroatoms. The number of nitrogens with zero attached hydrogens (tertiary/aromatic N) is 1. The van der Waals surface area contributed by atoms with E-state index in [1.807, 2.05) is 12.1 Å². The first-order valence-corrected chi connectivity index (χ1v) is 8.98. The van der Waals surface area contributed by atoms with Crippen LogP contribution in [0.2, 0.25) is 5.02 Å². The van der Waals surface area contributed by atoms with E-state index in [-0.39, 0.29) is 18.7 Å². The van der Waals surface area contributed by atoms with Crippen LogP contribution in [0, 0.1) is 0 Å². The molecule has 0 fully saturated rings. The maximum Gasteiger partial charge on any atom is 0.290 e. The van der Waals surface area contributed by atoms with Crippen molar-refractivity contribution >= 4 is 23.3 Å². The number of methoxy groups -OCH3 is 2. The molecule has 1 unspecified atom stereocenters. The third kappa shape index (κ3) is 3.88. The molecule has 1 atom stereocenters. The number of ether oxygens (including phenoxy) is 2. The SMILES string of the molecule is COCC(=O)C1=C(O)C(=O)N(Cc2ccc(OC)cc2)C1c1ccc(Cl)cc1. The van der Waals surface area contributed by atoms with Crippen molar-refractivity contribution in [3.05, 3.63) is 76.0 Å². The number of aliphatic hydroxyl groups excluding tert-OH is 1. The summed E-state index contributed by atoms with van der Waals surface area (Å²) in [4.78, 5) is 26.8. The van der Waals surface area contributed by atoms with Crippen molar-refractivity contribution in [1.29, 1.82) is 0 Å². The zero-order chi connectivity index (χ0) is 20.3. The lowest BCUT2D eigenvalue weighted by Crippen LogP contribution is -2.31. The second-order valence-corrected chi connectivity index (χ2v) is 6.79. The van der Waals surface area contributed by atoms with Crippen LogP contribution in [-0.4, -0.2) is 42.5 Å². The van der Waals surface area contributed by atoms with E-state index < -0.39 is 23.5 Å². The molecule has 0 bridgehead atoms. The van der Waals surface area contributed by atoms with Crippen LogP contribution in [0.25, 0.3) is 0 Å². The largest absolute Gasteiger partial charge is 0.503 e. The van der Waals surface area contributed by atoms with Gasteiger partial charge in [-0.1, -0.05) is 35.9 Å². The fourth-order valence-electron chi connectivity index (χ4n) is 3.23. The molecular weight excluding hydrogens is 382 g/mol. The van der Waals surface area contributed by atoms with E-state index in [1.165, 1.54) is 12.0 Å². The summed E-state index contributed by atoms with van der Waals surface area (Å²) in [5.41, 5.74) is 1.54. The van der Waals surface area contributed by atoms with E-state index in [0.29, 0.717) is 16.3 Å². The van der Waals surface area contributed by atoms with Crippen LogP contribution in [0.4, 0.5) is 0 Å². The number of Topliss-reactive ketones (excluding diaryl/α,β-unsaturated/α-hetero) is 1. The average Bonchev–Trinajstić information content (AvgIpc) is 2.94. The first kappa shape index (κ1) is 19.9. The molecule has 2 aromatic carbocycles. The summed E-state index contributed by atoms with van der Waals surface area (Å²) in [6.07, 6.45) is 0. The molecule has 146 valence electrons. The number of ketones is 1.